The quantitative estimate of drug-likeness (QED) is 0.665. The van der Waals surface area contributed by atoms with Gasteiger partial charge in [-0.15, -0.1) is 0 Å². The molecule has 2 atom stereocenters. The van der Waals surface area contributed by atoms with Gasteiger partial charge in [0.05, 0.1) is 0 Å². The minimum absolute atomic E-state index is 0.0619. The molecule has 0 spiro atoms. The molecular weight excluding hydrogens is 326 g/mol. The van der Waals surface area contributed by atoms with Crippen molar-refractivity contribution in [3.05, 3.63) is 0 Å². The molecule has 2 N–H and O–H groups in total. The number of carboxylic acids is 1. The molecule has 0 aromatic rings. The molecule has 0 aliphatic rings. The summed E-state index contributed by atoms with van der Waals surface area (Å²) in [5, 5.41) is 11.8. The van der Waals surface area contributed by atoms with E-state index in [9.17, 15) is 14.7 Å². The van der Waals surface area contributed by atoms with Gasteiger partial charge in [-0.05, 0) is 58.7 Å². The summed E-state index contributed by atoms with van der Waals surface area (Å²) in [5.74, 6) is -1.07. The Hall–Kier alpha value is -1.08. The highest BCUT2D eigenvalue weighted by Gasteiger charge is 2.38. The third kappa shape index (κ3) is 8.68. The van der Waals surface area contributed by atoms with Gasteiger partial charge in [-0.1, -0.05) is 20.8 Å². The van der Waals surface area contributed by atoms with E-state index in [-0.39, 0.29) is 11.1 Å². The summed E-state index contributed by atoms with van der Waals surface area (Å²) >= 11 is 0. The average Bonchev–Trinajstić information content (AvgIpc) is 2.29. The number of amides is 1. The summed E-state index contributed by atoms with van der Waals surface area (Å²) in [4.78, 5) is 23.1. The number of carboxylic acid groups (broad SMARTS) is 1. The molecule has 1 unspecified atom stereocenters. The maximum Gasteiger partial charge on any atom is 0.408 e. The zero-order chi connectivity index (χ0) is 19.3. The zero-order valence-corrected chi connectivity index (χ0v) is 17.6. The van der Waals surface area contributed by atoms with E-state index in [1.54, 1.807) is 20.8 Å². The minimum Gasteiger partial charge on any atom is -0.480 e. The maximum atomic E-state index is 11.8. The average molecular weight is 362 g/mol. The van der Waals surface area contributed by atoms with Crippen LogP contribution in [0.4, 0.5) is 4.79 Å². The Morgan fingerprint density at radius 3 is 1.96 bits per heavy atom. The van der Waals surface area contributed by atoms with Crippen molar-refractivity contribution in [2.24, 2.45) is 0 Å². The number of nitrogens with one attached hydrogen (secondary N) is 1. The topological polar surface area (TPSA) is 84.9 Å². The highest BCUT2D eigenvalue weighted by atomic mass is 28.4. The fourth-order valence-corrected chi connectivity index (χ4v) is 3.32. The van der Waals surface area contributed by atoms with E-state index in [2.05, 4.69) is 39.2 Å². The molecule has 0 saturated carbocycles. The van der Waals surface area contributed by atoms with Gasteiger partial charge in [0.25, 0.3) is 0 Å². The van der Waals surface area contributed by atoms with Gasteiger partial charge >= 0.3 is 12.1 Å². The molecule has 0 radical (unpaired) electrons. The fraction of sp³-hybridized carbons (Fsp3) is 0.882. The third-order valence-corrected chi connectivity index (χ3v) is 8.76. The molecule has 142 valence electrons. The summed E-state index contributed by atoms with van der Waals surface area (Å²) in [6.07, 6.45) is 0.0740. The molecule has 0 aliphatic carbocycles. The Morgan fingerprint density at radius 1 is 1.08 bits per heavy atom. The lowest BCUT2D eigenvalue weighted by Crippen LogP contribution is -2.45. The number of carbonyl (C=O) groups excluding carboxylic acids is 1. The highest BCUT2D eigenvalue weighted by Crippen LogP contribution is 2.37. The molecule has 1 amide bonds. The molecular formula is C17H35NO5Si. The molecule has 0 aliphatic heterocycles. The first-order chi connectivity index (χ1) is 10.5. The third-order valence-electron chi connectivity index (χ3n) is 4.15. The van der Waals surface area contributed by atoms with Crippen molar-refractivity contribution in [2.75, 3.05) is 0 Å². The van der Waals surface area contributed by atoms with Gasteiger partial charge in [-0.3, -0.25) is 0 Å². The van der Waals surface area contributed by atoms with Crippen molar-refractivity contribution in [2.45, 2.75) is 97.2 Å². The van der Waals surface area contributed by atoms with Crippen molar-refractivity contribution in [1.82, 2.24) is 5.32 Å². The number of alkyl carbamates (subject to hydrolysis) is 1. The van der Waals surface area contributed by atoms with Crippen LogP contribution in [0.25, 0.3) is 0 Å². The molecule has 0 heterocycles. The first-order valence-electron chi connectivity index (χ1n) is 8.45. The van der Waals surface area contributed by atoms with Gasteiger partial charge in [-0.25, -0.2) is 9.59 Å². The molecule has 0 aromatic carbocycles. The minimum atomic E-state index is -1.89. The number of aliphatic carboxylic acids is 1. The Balaban J connectivity index is 4.60. The van der Waals surface area contributed by atoms with Gasteiger partial charge in [0, 0.05) is 6.10 Å². The highest BCUT2D eigenvalue weighted by molar-refractivity contribution is 6.74. The predicted molar refractivity (Wildman–Crippen MR) is 97.8 cm³/mol. The van der Waals surface area contributed by atoms with Crippen LogP contribution in [-0.4, -0.2) is 43.2 Å². The van der Waals surface area contributed by atoms with Crippen LogP contribution < -0.4 is 5.32 Å². The number of carbonyl (C=O) groups is 2. The van der Waals surface area contributed by atoms with Crippen LogP contribution in [0.2, 0.25) is 18.1 Å². The van der Waals surface area contributed by atoms with Gasteiger partial charge < -0.3 is 19.6 Å². The first-order valence-corrected chi connectivity index (χ1v) is 11.4. The van der Waals surface area contributed by atoms with Gasteiger partial charge in [-0.2, -0.15) is 0 Å². The van der Waals surface area contributed by atoms with E-state index in [4.69, 9.17) is 9.16 Å². The molecule has 24 heavy (non-hydrogen) atoms. The molecule has 0 rings (SSSR count). The molecule has 0 saturated heterocycles. The van der Waals surface area contributed by atoms with Crippen LogP contribution in [0.5, 0.6) is 0 Å². The first kappa shape index (κ1) is 22.9. The molecule has 0 aromatic heterocycles. The van der Waals surface area contributed by atoms with Gasteiger partial charge in [0.1, 0.15) is 11.6 Å². The zero-order valence-electron chi connectivity index (χ0n) is 16.6. The molecule has 0 fully saturated rings. The Bertz CT molecular complexity index is 437. The maximum absolute atomic E-state index is 11.8. The van der Waals surface area contributed by atoms with E-state index in [1.807, 2.05) is 6.92 Å². The number of hydrogen-bond donors (Lipinski definition) is 2. The van der Waals surface area contributed by atoms with E-state index in [0.29, 0.717) is 12.8 Å². The van der Waals surface area contributed by atoms with Gasteiger partial charge in [0.2, 0.25) is 0 Å². The van der Waals surface area contributed by atoms with E-state index < -0.39 is 32.0 Å². The molecule has 7 heteroatoms. The van der Waals surface area contributed by atoms with Crippen LogP contribution in [-0.2, 0) is 14.0 Å². The Labute approximate surface area is 147 Å². The summed E-state index contributed by atoms with van der Waals surface area (Å²) < 4.78 is 11.3. The second-order valence-corrected chi connectivity index (χ2v) is 13.6. The Kier molecular flexibility index (Phi) is 7.96. The lowest BCUT2D eigenvalue weighted by Gasteiger charge is -2.38. The van der Waals surface area contributed by atoms with E-state index in [1.165, 1.54) is 0 Å². The summed E-state index contributed by atoms with van der Waals surface area (Å²) in [6, 6.07) is -0.981. The second kappa shape index (κ2) is 8.34. The van der Waals surface area contributed by atoms with Crippen LogP contribution >= 0.6 is 0 Å². The fourth-order valence-electron chi connectivity index (χ4n) is 1.85. The van der Waals surface area contributed by atoms with Crippen molar-refractivity contribution in [3.8, 4) is 0 Å². The second-order valence-electron chi connectivity index (χ2n) is 8.80. The van der Waals surface area contributed by atoms with E-state index in [0.717, 1.165) is 0 Å². The van der Waals surface area contributed by atoms with Crippen molar-refractivity contribution >= 4 is 20.4 Å². The summed E-state index contributed by atoms with van der Waals surface area (Å²) in [6.45, 7) is 18.0. The van der Waals surface area contributed by atoms with Crippen molar-refractivity contribution < 1.29 is 23.9 Å². The van der Waals surface area contributed by atoms with Crippen LogP contribution in [0, 0.1) is 0 Å². The van der Waals surface area contributed by atoms with Crippen molar-refractivity contribution in [1.29, 1.82) is 0 Å². The monoisotopic (exact) mass is 361 g/mol. The Morgan fingerprint density at radius 2 is 1.58 bits per heavy atom. The molecule has 0 bridgehead atoms. The van der Waals surface area contributed by atoms with E-state index >= 15 is 0 Å². The van der Waals surface area contributed by atoms with Gasteiger partial charge in [0.15, 0.2) is 8.32 Å². The van der Waals surface area contributed by atoms with Crippen LogP contribution in [0.3, 0.4) is 0 Å². The van der Waals surface area contributed by atoms with Crippen LogP contribution in [0.15, 0.2) is 0 Å². The largest absolute Gasteiger partial charge is 0.480 e. The van der Waals surface area contributed by atoms with Crippen molar-refractivity contribution in [3.63, 3.8) is 0 Å². The summed E-state index contributed by atoms with van der Waals surface area (Å²) in [7, 11) is -1.89. The molecule has 6 nitrogen and oxygen atoms in total. The number of rotatable bonds is 7. The predicted octanol–water partition coefficient (Wildman–Crippen LogP) is 4.15. The van der Waals surface area contributed by atoms with Crippen LogP contribution in [0.1, 0.15) is 61.3 Å². The standard InChI is InChI=1S/C17H35NO5Si/c1-12(23-24(8,9)17(5,6)7)10-11-13(14(19)20)18-15(21)22-16(2,3)4/h12-13H,10-11H2,1-9H3,(H,18,21)(H,19,20)/t12?,13-/m0/s1. The smallest absolute Gasteiger partial charge is 0.408 e. The summed E-state index contributed by atoms with van der Waals surface area (Å²) in [5.41, 5.74) is -0.661. The lowest BCUT2D eigenvalue weighted by molar-refractivity contribution is -0.139. The SMILES string of the molecule is CC(CC[C@H](NC(=O)OC(C)(C)C)C(=O)O)O[Si](C)(C)C(C)(C)C. The number of ether oxygens (including phenoxy) is 1. The normalized spacial score (nSPS) is 15.5. The number of hydrogen-bond acceptors (Lipinski definition) is 4. The lowest BCUT2D eigenvalue weighted by atomic mass is 10.1.